The van der Waals surface area contributed by atoms with Gasteiger partial charge < -0.3 is 19.9 Å². The second-order valence-corrected chi connectivity index (χ2v) is 6.91. The summed E-state index contributed by atoms with van der Waals surface area (Å²) in [7, 11) is 1.56. The minimum absolute atomic E-state index is 0.139. The molecular formula is C20H25ClN4O2. The van der Waals surface area contributed by atoms with E-state index in [-0.39, 0.29) is 6.03 Å². The predicted molar refractivity (Wildman–Crippen MR) is 109 cm³/mol. The monoisotopic (exact) mass is 388 g/mol. The molecule has 1 aromatic heterocycles. The maximum absolute atomic E-state index is 12.7. The van der Waals surface area contributed by atoms with Gasteiger partial charge in [-0.25, -0.2) is 9.78 Å². The summed E-state index contributed by atoms with van der Waals surface area (Å²) in [5.41, 5.74) is 3.63. The van der Waals surface area contributed by atoms with E-state index in [1.807, 2.05) is 37.3 Å². The first kappa shape index (κ1) is 19.3. The van der Waals surface area contributed by atoms with Crippen LogP contribution in [0.15, 0.2) is 30.3 Å². The molecule has 2 heterocycles. The Kier molecular flexibility index (Phi) is 6.06. The van der Waals surface area contributed by atoms with Crippen LogP contribution in [0, 0.1) is 6.92 Å². The van der Waals surface area contributed by atoms with E-state index in [0.717, 1.165) is 41.5 Å². The molecule has 1 aliphatic rings. The molecule has 6 nitrogen and oxygen atoms in total. The number of methoxy groups -OCH3 is 1. The Morgan fingerprint density at radius 2 is 1.96 bits per heavy atom. The van der Waals surface area contributed by atoms with Gasteiger partial charge in [0, 0.05) is 31.9 Å². The highest BCUT2D eigenvalue weighted by molar-refractivity contribution is 6.33. The molecule has 0 radical (unpaired) electrons. The number of aryl methyl sites for hydroxylation is 2. The summed E-state index contributed by atoms with van der Waals surface area (Å²) in [6.45, 7) is 6.73. The van der Waals surface area contributed by atoms with Crippen molar-refractivity contribution in [2.24, 2.45) is 0 Å². The zero-order chi connectivity index (χ0) is 19.4. The van der Waals surface area contributed by atoms with Gasteiger partial charge >= 0.3 is 6.03 Å². The number of hydrogen-bond acceptors (Lipinski definition) is 4. The van der Waals surface area contributed by atoms with E-state index in [1.165, 1.54) is 0 Å². The first-order valence-electron chi connectivity index (χ1n) is 9.13. The van der Waals surface area contributed by atoms with Gasteiger partial charge in [-0.3, -0.25) is 0 Å². The van der Waals surface area contributed by atoms with E-state index in [2.05, 4.69) is 22.1 Å². The van der Waals surface area contributed by atoms with Crippen LogP contribution in [0.3, 0.4) is 0 Å². The van der Waals surface area contributed by atoms with Crippen molar-refractivity contribution in [3.05, 3.63) is 46.6 Å². The minimum Gasteiger partial charge on any atom is -0.480 e. The smallest absolute Gasteiger partial charge is 0.322 e. The van der Waals surface area contributed by atoms with Gasteiger partial charge in [-0.05, 0) is 37.1 Å². The lowest BCUT2D eigenvalue weighted by Crippen LogP contribution is -2.50. The predicted octanol–water partition coefficient (Wildman–Crippen LogP) is 3.97. The summed E-state index contributed by atoms with van der Waals surface area (Å²) < 4.78 is 5.33. The van der Waals surface area contributed by atoms with Crippen molar-refractivity contribution in [3.63, 3.8) is 0 Å². The number of rotatable bonds is 4. The quantitative estimate of drug-likeness (QED) is 0.861. The number of nitrogens with zero attached hydrogens (tertiary/aromatic N) is 3. The van der Waals surface area contributed by atoms with Crippen molar-refractivity contribution >= 4 is 29.0 Å². The molecule has 0 bridgehead atoms. The van der Waals surface area contributed by atoms with Gasteiger partial charge in [0.2, 0.25) is 5.88 Å². The number of hydrogen-bond donors (Lipinski definition) is 1. The number of benzene rings is 1. The highest BCUT2D eigenvalue weighted by Crippen LogP contribution is 2.27. The third-order valence-electron chi connectivity index (χ3n) is 4.86. The third kappa shape index (κ3) is 4.27. The molecule has 0 aliphatic carbocycles. The number of aromatic nitrogens is 1. The van der Waals surface area contributed by atoms with E-state index in [9.17, 15) is 4.79 Å². The number of carbonyl (C=O) groups excluding carboxylic acids is 1. The standard InChI is InChI=1S/C20H25ClN4O2/c1-4-15-13-17(19(27-3)22-14(15)2)23-20(26)25-11-9-24(10-12-25)18-8-6-5-7-16(18)21/h5-8,13H,4,9-12H2,1-3H3,(H,23,26). The molecular weight excluding hydrogens is 364 g/mol. The zero-order valence-electron chi connectivity index (χ0n) is 16.0. The van der Waals surface area contributed by atoms with Crippen LogP contribution >= 0.6 is 11.6 Å². The lowest BCUT2D eigenvalue weighted by Gasteiger charge is -2.36. The Balaban J connectivity index is 1.66. The molecule has 0 saturated carbocycles. The highest BCUT2D eigenvalue weighted by Gasteiger charge is 2.23. The Bertz CT molecular complexity index is 820. The molecule has 1 N–H and O–H groups in total. The molecule has 2 aromatic rings. The molecule has 144 valence electrons. The summed E-state index contributed by atoms with van der Waals surface area (Å²) >= 11 is 6.28. The Hall–Kier alpha value is -2.47. The minimum atomic E-state index is -0.139. The molecule has 27 heavy (non-hydrogen) atoms. The molecule has 1 saturated heterocycles. The summed E-state index contributed by atoms with van der Waals surface area (Å²) in [5, 5.41) is 3.69. The fourth-order valence-electron chi connectivity index (χ4n) is 3.28. The van der Waals surface area contributed by atoms with E-state index >= 15 is 0 Å². The second kappa shape index (κ2) is 8.48. The summed E-state index contributed by atoms with van der Waals surface area (Å²) in [6.07, 6.45) is 0.849. The lowest BCUT2D eigenvalue weighted by atomic mass is 10.1. The van der Waals surface area contributed by atoms with Crippen LogP contribution in [0.2, 0.25) is 5.02 Å². The van der Waals surface area contributed by atoms with Crippen LogP contribution in [-0.4, -0.2) is 49.2 Å². The maximum Gasteiger partial charge on any atom is 0.322 e. The number of halogens is 1. The van der Waals surface area contributed by atoms with Crippen molar-refractivity contribution in [2.75, 3.05) is 43.5 Å². The van der Waals surface area contributed by atoms with Gasteiger partial charge in [-0.15, -0.1) is 0 Å². The first-order valence-corrected chi connectivity index (χ1v) is 9.51. The van der Waals surface area contributed by atoms with Crippen LogP contribution in [0.1, 0.15) is 18.2 Å². The Labute approximate surface area is 165 Å². The first-order chi connectivity index (χ1) is 13.0. The van der Waals surface area contributed by atoms with Gasteiger partial charge in [0.1, 0.15) is 5.69 Å². The van der Waals surface area contributed by atoms with Gasteiger partial charge in [0.05, 0.1) is 17.8 Å². The van der Waals surface area contributed by atoms with Crippen molar-refractivity contribution < 1.29 is 9.53 Å². The second-order valence-electron chi connectivity index (χ2n) is 6.50. The molecule has 0 atom stereocenters. The number of nitrogens with one attached hydrogen (secondary N) is 1. The number of piperazine rings is 1. The SMILES string of the molecule is CCc1cc(NC(=O)N2CCN(c3ccccc3Cl)CC2)c(OC)nc1C. The third-order valence-corrected chi connectivity index (χ3v) is 5.18. The molecule has 0 spiro atoms. The number of pyridine rings is 1. The van der Waals surface area contributed by atoms with Gasteiger partial charge in [0.15, 0.2) is 0 Å². The molecule has 3 rings (SSSR count). The topological polar surface area (TPSA) is 57.7 Å². The molecule has 2 amide bonds. The fourth-order valence-corrected chi connectivity index (χ4v) is 3.54. The Morgan fingerprint density at radius 3 is 2.59 bits per heavy atom. The largest absolute Gasteiger partial charge is 0.480 e. The van der Waals surface area contributed by atoms with E-state index in [0.29, 0.717) is 24.7 Å². The average molecular weight is 389 g/mol. The summed E-state index contributed by atoms with van der Waals surface area (Å²) in [6, 6.07) is 9.59. The van der Waals surface area contributed by atoms with Crippen LogP contribution in [-0.2, 0) is 6.42 Å². The highest BCUT2D eigenvalue weighted by atomic mass is 35.5. The maximum atomic E-state index is 12.7. The van der Waals surface area contributed by atoms with Crippen LogP contribution in [0.4, 0.5) is 16.2 Å². The summed E-state index contributed by atoms with van der Waals surface area (Å²) in [4.78, 5) is 21.2. The van der Waals surface area contributed by atoms with Crippen LogP contribution in [0.25, 0.3) is 0 Å². The lowest BCUT2D eigenvalue weighted by molar-refractivity contribution is 0.208. The number of carbonyl (C=O) groups is 1. The van der Waals surface area contributed by atoms with E-state index < -0.39 is 0 Å². The number of anilines is 2. The van der Waals surface area contributed by atoms with Gasteiger partial charge in [-0.2, -0.15) is 0 Å². The van der Waals surface area contributed by atoms with E-state index in [1.54, 1.807) is 12.0 Å². The van der Waals surface area contributed by atoms with Crippen molar-refractivity contribution in [3.8, 4) is 5.88 Å². The number of ether oxygens (including phenoxy) is 1. The van der Waals surface area contributed by atoms with Crippen LogP contribution < -0.4 is 15.0 Å². The van der Waals surface area contributed by atoms with Crippen LogP contribution in [0.5, 0.6) is 5.88 Å². The summed E-state index contributed by atoms with van der Waals surface area (Å²) in [5.74, 6) is 0.438. The number of amides is 2. The average Bonchev–Trinajstić information content (AvgIpc) is 2.69. The number of urea groups is 1. The van der Waals surface area contributed by atoms with Gasteiger partial charge in [-0.1, -0.05) is 30.7 Å². The number of para-hydroxylation sites is 1. The van der Waals surface area contributed by atoms with Crippen molar-refractivity contribution in [2.45, 2.75) is 20.3 Å². The zero-order valence-corrected chi connectivity index (χ0v) is 16.7. The molecule has 7 heteroatoms. The van der Waals surface area contributed by atoms with Crippen molar-refractivity contribution in [1.82, 2.24) is 9.88 Å². The molecule has 1 aliphatic heterocycles. The van der Waals surface area contributed by atoms with Gasteiger partial charge in [0.25, 0.3) is 0 Å². The van der Waals surface area contributed by atoms with Crippen molar-refractivity contribution in [1.29, 1.82) is 0 Å². The Morgan fingerprint density at radius 1 is 1.26 bits per heavy atom. The fraction of sp³-hybridized carbons (Fsp3) is 0.400. The molecule has 0 unspecified atom stereocenters. The van der Waals surface area contributed by atoms with E-state index in [4.69, 9.17) is 16.3 Å². The molecule has 1 fully saturated rings. The molecule has 1 aromatic carbocycles. The normalized spacial score (nSPS) is 14.2.